The van der Waals surface area contributed by atoms with Crippen molar-refractivity contribution < 1.29 is 13.7 Å². The van der Waals surface area contributed by atoms with E-state index in [1.807, 2.05) is 0 Å². The fourth-order valence-electron chi connectivity index (χ4n) is 1.14. The lowest BCUT2D eigenvalue weighted by molar-refractivity contribution is 0.0987. The van der Waals surface area contributed by atoms with Crippen LogP contribution in [0.1, 0.15) is 10.6 Å². The Labute approximate surface area is 89.0 Å². The Bertz CT molecular complexity index is 552. The summed E-state index contributed by atoms with van der Waals surface area (Å²) in [5, 5.41) is 3.30. The number of nitrogens with zero attached hydrogens (tertiary/aromatic N) is 2. The largest absolute Gasteiger partial charge is 0.399 e. The van der Waals surface area contributed by atoms with E-state index in [-0.39, 0.29) is 23.0 Å². The monoisotopic (exact) mass is 222 g/mol. The third kappa shape index (κ3) is 1.70. The summed E-state index contributed by atoms with van der Waals surface area (Å²) in [5.41, 5.74) is 10.6. The SMILES string of the molecule is NC(=O)c1noc(-c2ccc(N)cc2F)n1. The van der Waals surface area contributed by atoms with E-state index in [0.717, 1.165) is 6.07 Å². The Morgan fingerprint density at radius 3 is 2.75 bits per heavy atom. The van der Waals surface area contributed by atoms with E-state index in [9.17, 15) is 9.18 Å². The number of primary amides is 1. The number of hydrogen-bond donors (Lipinski definition) is 2. The van der Waals surface area contributed by atoms with E-state index in [2.05, 4.69) is 14.7 Å². The van der Waals surface area contributed by atoms with Crippen LogP contribution in [-0.4, -0.2) is 16.0 Å². The maximum absolute atomic E-state index is 13.4. The quantitative estimate of drug-likeness (QED) is 0.721. The van der Waals surface area contributed by atoms with E-state index in [1.165, 1.54) is 12.1 Å². The molecule has 0 saturated carbocycles. The Morgan fingerprint density at radius 1 is 1.44 bits per heavy atom. The highest BCUT2D eigenvalue weighted by Crippen LogP contribution is 2.22. The fourth-order valence-corrected chi connectivity index (χ4v) is 1.14. The predicted octanol–water partition coefficient (Wildman–Crippen LogP) is 0.557. The van der Waals surface area contributed by atoms with Crippen molar-refractivity contribution in [2.24, 2.45) is 5.73 Å². The summed E-state index contributed by atoms with van der Waals surface area (Å²) in [4.78, 5) is 14.3. The normalized spacial score (nSPS) is 10.3. The van der Waals surface area contributed by atoms with Crippen molar-refractivity contribution >= 4 is 11.6 Å². The highest BCUT2D eigenvalue weighted by Gasteiger charge is 2.15. The molecule has 0 aliphatic rings. The van der Waals surface area contributed by atoms with Gasteiger partial charge in [0.25, 0.3) is 17.6 Å². The van der Waals surface area contributed by atoms with Crippen molar-refractivity contribution in [1.82, 2.24) is 10.1 Å². The number of nitrogens with two attached hydrogens (primary N) is 2. The van der Waals surface area contributed by atoms with Gasteiger partial charge in [0.15, 0.2) is 0 Å². The van der Waals surface area contributed by atoms with Crippen molar-refractivity contribution in [1.29, 1.82) is 0 Å². The molecule has 0 radical (unpaired) electrons. The topological polar surface area (TPSA) is 108 Å². The molecule has 1 amide bonds. The molecule has 0 atom stereocenters. The third-order valence-electron chi connectivity index (χ3n) is 1.87. The van der Waals surface area contributed by atoms with Crippen LogP contribution in [0.15, 0.2) is 22.7 Å². The summed E-state index contributed by atoms with van der Waals surface area (Å²) in [5.74, 6) is -1.87. The van der Waals surface area contributed by atoms with Gasteiger partial charge in [0.1, 0.15) is 5.82 Å². The van der Waals surface area contributed by atoms with Crippen LogP contribution in [0.5, 0.6) is 0 Å². The summed E-state index contributed by atoms with van der Waals surface area (Å²) < 4.78 is 18.1. The van der Waals surface area contributed by atoms with E-state index in [1.54, 1.807) is 0 Å². The maximum Gasteiger partial charge on any atom is 0.290 e. The maximum atomic E-state index is 13.4. The van der Waals surface area contributed by atoms with Gasteiger partial charge in [-0.3, -0.25) is 4.79 Å². The van der Waals surface area contributed by atoms with Crippen LogP contribution in [-0.2, 0) is 0 Å². The molecular formula is C9H7FN4O2. The summed E-state index contributed by atoms with van der Waals surface area (Å²) in [6, 6.07) is 3.97. The van der Waals surface area contributed by atoms with Crippen molar-refractivity contribution in [3.63, 3.8) is 0 Å². The molecule has 0 unspecified atom stereocenters. The van der Waals surface area contributed by atoms with Gasteiger partial charge in [-0.2, -0.15) is 4.98 Å². The van der Waals surface area contributed by atoms with Crippen LogP contribution in [0.4, 0.5) is 10.1 Å². The van der Waals surface area contributed by atoms with Crippen molar-refractivity contribution in [3.05, 3.63) is 29.8 Å². The van der Waals surface area contributed by atoms with Gasteiger partial charge in [0.05, 0.1) is 5.56 Å². The van der Waals surface area contributed by atoms with Gasteiger partial charge in [0, 0.05) is 5.69 Å². The molecule has 6 nitrogen and oxygen atoms in total. The first-order chi connectivity index (χ1) is 7.58. The van der Waals surface area contributed by atoms with Crippen LogP contribution in [0, 0.1) is 5.82 Å². The highest BCUT2D eigenvalue weighted by molar-refractivity contribution is 5.89. The summed E-state index contributed by atoms with van der Waals surface area (Å²) in [6.07, 6.45) is 0. The molecule has 1 aromatic heterocycles. The number of rotatable bonds is 2. The van der Waals surface area contributed by atoms with Gasteiger partial charge < -0.3 is 16.0 Å². The summed E-state index contributed by atoms with van der Waals surface area (Å²) in [7, 11) is 0. The van der Waals surface area contributed by atoms with Gasteiger partial charge >= 0.3 is 0 Å². The first-order valence-electron chi connectivity index (χ1n) is 4.27. The van der Waals surface area contributed by atoms with E-state index < -0.39 is 11.7 Å². The smallest absolute Gasteiger partial charge is 0.290 e. The minimum absolute atomic E-state index is 0.0641. The molecule has 4 N–H and O–H groups in total. The molecule has 0 fully saturated rings. The molecule has 0 saturated heterocycles. The molecule has 1 aromatic carbocycles. The molecule has 1 heterocycles. The lowest BCUT2D eigenvalue weighted by Gasteiger charge is -1.97. The number of carbonyl (C=O) groups excluding carboxylic acids is 1. The molecule has 82 valence electrons. The zero-order valence-corrected chi connectivity index (χ0v) is 7.98. The molecule has 2 rings (SSSR count). The van der Waals surface area contributed by atoms with Crippen LogP contribution in [0.2, 0.25) is 0 Å². The predicted molar refractivity (Wildman–Crippen MR) is 52.6 cm³/mol. The van der Waals surface area contributed by atoms with Gasteiger partial charge in [-0.25, -0.2) is 4.39 Å². The first-order valence-corrected chi connectivity index (χ1v) is 4.27. The highest BCUT2D eigenvalue weighted by atomic mass is 19.1. The zero-order valence-electron chi connectivity index (χ0n) is 7.98. The number of nitrogen functional groups attached to an aromatic ring is 1. The molecule has 0 aliphatic heterocycles. The van der Waals surface area contributed by atoms with Crippen molar-refractivity contribution in [2.45, 2.75) is 0 Å². The number of benzene rings is 1. The third-order valence-corrected chi connectivity index (χ3v) is 1.87. The zero-order chi connectivity index (χ0) is 11.7. The van der Waals surface area contributed by atoms with E-state index >= 15 is 0 Å². The summed E-state index contributed by atoms with van der Waals surface area (Å²) >= 11 is 0. The second-order valence-electron chi connectivity index (χ2n) is 3.03. The molecular weight excluding hydrogens is 215 g/mol. The Hall–Kier alpha value is -2.44. The lowest BCUT2D eigenvalue weighted by Crippen LogP contribution is -2.12. The molecule has 0 aliphatic carbocycles. The second-order valence-corrected chi connectivity index (χ2v) is 3.03. The fraction of sp³-hybridized carbons (Fsp3) is 0. The van der Waals surface area contributed by atoms with Crippen LogP contribution in [0.25, 0.3) is 11.5 Å². The minimum Gasteiger partial charge on any atom is -0.399 e. The van der Waals surface area contributed by atoms with Gasteiger partial charge in [-0.15, -0.1) is 0 Å². The number of halogens is 1. The average Bonchev–Trinajstić information content (AvgIpc) is 2.66. The molecule has 16 heavy (non-hydrogen) atoms. The van der Waals surface area contributed by atoms with Crippen molar-refractivity contribution in [2.75, 3.05) is 5.73 Å². The lowest BCUT2D eigenvalue weighted by atomic mass is 10.2. The molecule has 0 spiro atoms. The summed E-state index contributed by atoms with van der Waals surface area (Å²) in [6.45, 7) is 0. The minimum atomic E-state index is -0.842. The average molecular weight is 222 g/mol. The van der Waals surface area contributed by atoms with E-state index in [0.29, 0.717) is 0 Å². The van der Waals surface area contributed by atoms with Crippen LogP contribution >= 0.6 is 0 Å². The Morgan fingerprint density at radius 2 is 2.19 bits per heavy atom. The van der Waals surface area contributed by atoms with Crippen LogP contribution in [0.3, 0.4) is 0 Å². The van der Waals surface area contributed by atoms with Crippen molar-refractivity contribution in [3.8, 4) is 11.5 Å². The van der Waals surface area contributed by atoms with Gasteiger partial charge in [0.2, 0.25) is 0 Å². The molecule has 0 bridgehead atoms. The first kappa shape index (κ1) is 10.1. The number of aromatic nitrogens is 2. The number of hydrogen-bond acceptors (Lipinski definition) is 5. The number of amides is 1. The second kappa shape index (κ2) is 3.61. The Kier molecular flexibility index (Phi) is 2.28. The van der Waals surface area contributed by atoms with Gasteiger partial charge in [-0.05, 0) is 18.2 Å². The van der Waals surface area contributed by atoms with Crippen LogP contribution < -0.4 is 11.5 Å². The number of carbonyl (C=O) groups is 1. The van der Waals surface area contributed by atoms with E-state index in [4.69, 9.17) is 11.5 Å². The molecule has 7 heteroatoms. The molecule has 2 aromatic rings. The standard InChI is InChI=1S/C9H7FN4O2/c10-6-3-4(11)1-2-5(6)9-13-8(7(12)15)14-16-9/h1-3H,11H2,(H2,12,15). The number of anilines is 1. The Balaban J connectivity index is 2.46. The van der Waals surface area contributed by atoms with Gasteiger partial charge in [-0.1, -0.05) is 5.16 Å².